The van der Waals surface area contributed by atoms with Crippen molar-refractivity contribution in [1.82, 2.24) is 15.5 Å². The van der Waals surface area contributed by atoms with E-state index in [0.717, 1.165) is 5.56 Å². The summed E-state index contributed by atoms with van der Waals surface area (Å²) in [6.07, 6.45) is 0. The highest BCUT2D eigenvalue weighted by atomic mass is 16.4. The van der Waals surface area contributed by atoms with E-state index in [1.165, 1.54) is 0 Å². The summed E-state index contributed by atoms with van der Waals surface area (Å²) in [7, 11) is 1.89. The average molecular weight is 245 g/mol. The Bertz CT molecular complexity index is 499. The normalized spacial score (nSPS) is 13.6. The molecule has 1 aromatic heterocycles. The molecule has 0 radical (unpaired) electrons. The van der Waals surface area contributed by atoms with Gasteiger partial charge >= 0.3 is 0 Å². The van der Waals surface area contributed by atoms with Crippen molar-refractivity contribution >= 4 is 0 Å². The number of benzene rings is 1. The number of aromatic nitrogens is 2. The third kappa shape index (κ3) is 2.59. The largest absolute Gasteiger partial charge is 0.423 e. The van der Waals surface area contributed by atoms with Gasteiger partial charge in [0.15, 0.2) is 0 Å². The van der Waals surface area contributed by atoms with Crippen LogP contribution in [0.15, 0.2) is 34.7 Å². The number of nitrogens with zero attached hydrogens (tertiary/aromatic N) is 2. The van der Waals surface area contributed by atoms with Crippen molar-refractivity contribution < 1.29 is 4.42 Å². The zero-order valence-corrected chi connectivity index (χ0v) is 11.3. The average Bonchev–Trinajstić information content (AvgIpc) is 2.81. The second kappa shape index (κ2) is 4.90. The molecular formula is C14H19N3O. The second-order valence-corrected chi connectivity index (χ2v) is 5.33. The Morgan fingerprint density at radius 3 is 2.28 bits per heavy atom. The molecule has 0 amide bonds. The molecule has 2 aromatic rings. The van der Waals surface area contributed by atoms with Crippen molar-refractivity contribution in [2.75, 3.05) is 7.05 Å². The third-order valence-electron chi connectivity index (χ3n) is 2.75. The topological polar surface area (TPSA) is 51.0 Å². The van der Waals surface area contributed by atoms with Gasteiger partial charge in [-0.15, -0.1) is 10.2 Å². The van der Waals surface area contributed by atoms with E-state index in [1.807, 2.05) is 37.4 Å². The molecule has 0 fully saturated rings. The highest BCUT2D eigenvalue weighted by molar-refractivity contribution is 5.23. The Labute approximate surface area is 107 Å². The third-order valence-corrected chi connectivity index (χ3v) is 2.75. The molecular weight excluding hydrogens is 226 g/mol. The predicted molar refractivity (Wildman–Crippen MR) is 70.3 cm³/mol. The van der Waals surface area contributed by atoms with E-state index >= 15 is 0 Å². The molecule has 1 atom stereocenters. The maximum absolute atomic E-state index is 5.77. The minimum absolute atomic E-state index is 0.0604. The number of nitrogens with one attached hydrogen (secondary N) is 1. The summed E-state index contributed by atoms with van der Waals surface area (Å²) < 4.78 is 5.77. The fourth-order valence-corrected chi connectivity index (χ4v) is 1.73. The molecule has 0 aliphatic rings. The fourth-order valence-electron chi connectivity index (χ4n) is 1.73. The van der Waals surface area contributed by atoms with Crippen LogP contribution in [0.2, 0.25) is 0 Å². The monoisotopic (exact) mass is 245 g/mol. The Balaban J connectivity index is 2.32. The highest BCUT2D eigenvalue weighted by Gasteiger charge is 2.25. The molecule has 18 heavy (non-hydrogen) atoms. The van der Waals surface area contributed by atoms with E-state index in [2.05, 4.69) is 36.3 Å². The maximum atomic E-state index is 5.77. The smallest absolute Gasteiger partial charge is 0.237 e. The molecule has 1 N–H and O–H groups in total. The molecule has 1 unspecified atom stereocenters. The lowest BCUT2D eigenvalue weighted by Crippen LogP contribution is -2.18. The van der Waals surface area contributed by atoms with E-state index in [1.54, 1.807) is 0 Å². The summed E-state index contributed by atoms with van der Waals surface area (Å²) in [6.45, 7) is 6.17. The molecule has 0 aliphatic heterocycles. The molecule has 4 heteroatoms. The first-order valence-corrected chi connectivity index (χ1v) is 6.08. The maximum Gasteiger partial charge on any atom is 0.237 e. The van der Waals surface area contributed by atoms with E-state index in [0.29, 0.717) is 11.8 Å². The number of hydrogen-bond acceptors (Lipinski definition) is 4. The lowest BCUT2D eigenvalue weighted by atomic mass is 9.97. The van der Waals surface area contributed by atoms with E-state index in [9.17, 15) is 0 Å². The van der Waals surface area contributed by atoms with Crippen LogP contribution in [0, 0.1) is 0 Å². The lowest BCUT2D eigenvalue weighted by molar-refractivity contribution is 0.356. The minimum atomic E-state index is -0.125. The van der Waals surface area contributed by atoms with Crippen molar-refractivity contribution in [2.45, 2.75) is 32.2 Å². The van der Waals surface area contributed by atoms with Gasteiger partial charge in [0.2, 0.25) is 11.8 Å². The quantitative estimate of drug-likeness (QED) is 0.903. The predicted octanol–water partition coefficient (Wildman–Crippen LogP) is 2.68. The van der Waals surface area contributed by atoms with Crippen molar-refractivity contribution in [3.05, 3.63) is 47.7 Å². The van der Waals surface area contributed by atoms with Crippen molar-refractivity contribution in [1.29, 1.82) is 0 Å². The summed E-state index contributed by atoms with van der Waals surface area (Å²) >= 11 is 0. The van der Waals surface area contributed by atoms with Crippen molar-refractivity contribution in [3.8, 4) is 0 Å². The summed E-state index contributed by atoms with van der Waals surface area (Å²) in [5.41, 5.74) is 0.990. The Morgan fingerprint density at radius 2 is 1.78 bits per heavy atom. The summed E-state index contributed by atoms with van der Waals surface area (Å²) in [6, 6.07) is 10.0. The van der Waals surface area contributed by atoms with Crippen molar-refractivity contribution in [2.24, 2.45) is 0 Å². The first-order chi connectivity index (χ1) is 8.52. The number of hydrogen-bond donors (Lipinski definition) is 1. The standard InChI is InChI=1S/C14H19N3O/c1-14(2,3)13-17-16-12(18-13)11(15-4)10-8-6-5-7-9-10/h5-9,11,15H,1-4H3. The van der Waals surface area contributed by atoms with E-state index in [4.69, 9.17) is 4.42 Å². The molecule has 0 saturated carbocycles. The molecule has 0 bridgehead atoms. The Kier molecular flexibility index (Phi) is 3.48. The SMILES string of the molecule is CNC(c1ccccc1)c1nnc(C(C)(C)C)o1. The molecule has 1 aromatic carbocycles. The van der Waals surface area contributed by atoms with Crippen molar-refractivity contribution in [3.63, 3.8) is 0 Å². The second-order valence-electron chi connectivity index (χ2n) is 5.33. The van der Waals surface area contributed by atoms with Crippen LogP contribution in [-0.2, 0) is 5.41 Å². The number of rotatable bonds is 3. The molecule has 4 nitrogen and oxygen atoms in total. The van der Waals surface area contributed by atoms with Crippen LogP contribution >= 0.6 is 0 Å². The molecule has 96 valence electrons. The van der Waals surface area contributed by atoms with Gasteiger partial charge in [-0.05, 0) is 12.6 Å². The Hall–Kier alpha value is -1.68. The molecule has 0 aliphatic carbocycles. The van der Waals surface area contributed by atoms with Gasteiger partial charge in [-0.3, -0.25) is 0 Å². The first kappa shape index (κ1) is 12.8. The van der Waals surface area contributed by atoms with Gasteiger partial charge in [0.25, 0.3) is 0 Å². The van der Waals surface area contributed by atoms with Gasteiger partial charge in [-0.25, -0.2) is 0 Å². The van der Waals surface area contributed by atoms with Gasteiger partial charge in [0.05, 0.1) is 0 Å². The van der Waals surface area contributed by atoms with Crippen LogP contribution < -0.4 is 5.32 Å². The van der Waals surface area contributed by atoms with E-state index in [-0.39, 0.29) is 11.5 Å². The van der Waals surface area contributed by atoms with Gasteiger partial charge in [-0.2, -0.15) is 0 Å². The van der Waals surface area contributed by atoms with E-state index < -0.39 is 0 Å². The molecule has 1 heterocycles. The first-order valence-electron chi connectivity index (χ1n) is 6.08. The van der Waals surface area contributed by atoms with Gasteiger partial charge in [0, 0.05) is 5.41 Å². The van der Waals surface area contributed by atoms with Crippen LogP contribution in [0.5, 0.6) is 0 Å². The van der Waals surface area contributed by atoms with Crippen LogP contribution in [0.4, 0.5) is 0 Å². The summed E-state index contributed by atoms with van der Waals surface area (Å²) in [5, 5.41) is 11.5. The molecule has 2 rings (SSSR count). The fraction of sp³-hybridized carbons (Fsp3) is 0.429. The Morgan fingerprint density at radius 1 is 1.11 bits per heavy atom. The highest BCUT2D eigenvalue weighted by Crippen LogP contribution is 2.25. The molecule has 0 saturated heterocycles. The van der Waals surface area contributed by atoms with Crippen LogP contribution in [0.25, 0.3) is 0 Å². The van der Waals surface area contributed by atoms with Crippen LogP contribution in [0.3, 0.4) is 0 Å². The van der Waals surface area contributed by atoms with Crippen LogP contribution in [-0.4, -0.2) is 17.2 Å². The zero-order chi connectivity index (χ0) is 13.2. The summed E-state index contributed by atoms with van der Waals surface area (Å²) in [5.74, 6) is 1.27. The van der Waals surface area contributed by atoms with Gasteiger partial charge in [-0.1, -0.05) is 51.1 Å². The van der Waals surface area contributed by atoms with Crippen LogP contribution in [0.1, 0.15) is 44.2 Å². The molecule has 0 spiro atoms. The zero-order valence-electron chi connectivity index (χ0n) is 11.3. The minimum Gasteiger partial charge on any atom is -0.423 e. The van der Waals surface area contributed by atoms with Gasteiger partial charge in [0.1, 0.15) is 6.04 Å². The summed E-state index contributed by atoms with van der Waals surface area (Å²) in [4.78, 5) is 0. The lowest BCUT2D eigenvalue weighted by Gasteiger charge is -2.14. The van der Waals surface area contributed by atoms with Gasteiger partial charge < -0.3 is 9.73 Å².